The smallest absolute Gasteiger partial charge is 0.314 e. The van der Waals surface area contributed by atoms with Crippen molar-refractivity contribution in [3.05, 3.63) is 12.2 Å². The molecule has 0 aliphatic heterocycles. The van der Waals surface area contributed by atoms with Crippen LogP contribution in [0.1, 0.15) is 32.6 Å². The standard InChI is InChI=1S/C11H18O3/c1-8-4-6-11(7-5-8,9(2)12)10(13)14-3/h9,12H,1,4-7H2,2-3H3. The molecule has 1 aliphatic carbocycles. The molecule has 0 radical (unpaired) electrons. The summed E-state index contributed by atoms with van der Waals surface area (Å²) in [5.41, 5.74) is 0.459. The van der Waals surface area contributed by atoms with Crippen molar-refractivity contribution >= 4 is 5.97 Å². The van der Waals surface area contributed by atoms with E-state index in [4.69, 9.17) is 4.74 Å². The molecule has 14 heavy (non-hydrogen) atoms. The number of hydrogen-bond donors (Lipinski definition) is 1. The zero-order valence-electron chi connectivity index (χ0n) is 8.88. The predicted octanol–water partition coefficient (Wildman–Crippen LogP) is 1.66. The normalized spacial score (nSPS) is 22.9. The van der Waals surface area contributed by atoms with Crippen LogP contribution in [0.25, 0.3) is 0 Å². The number of carbonyl (C=O) groups excluding carboxylic acids is 1. The molecule has 1 N–H and O–H groups in total. The molecule has 0 bridgehead atoms. The van der Waals surface area contributed by atoms with Crippen molar-refractivity contribution in [2.75, 3.05) is 7.11 Å². The molecule has 3 heteroatoms. The lowest BCUT2D eigenvalue weighted by Gasteiger charge is -2.37. The summed E-state index contributed by atoms with van der Waals surface area (Å²) in [5.74, 6) is -0.292. The van der Waals surface area contributed by atoms with Crippen LogP contribution in [-0.4, -0.2) is 24.3 Å². The molecule has 3 nitrogen and oxygen atoms in total. The molecule has 0 amide bonds. The van der Waals surface area contributed by atoms with Gasteiger partial charge in [0.2, 0.25) is 0 Å². The van der Waals surface area contributed by atoms with E-state index in [1.54, 1.807) is 6.92 Å². The lowest BCUT2D eigenvalue weighted by atomic mass is 9.69. The Morgan fingerprint density at radius 3 is 2.43 bits per heavy atom. The number of rotatable bonds is 2. The van der Waals surface area contributed by atoms with Gasteiger partial charge in [0.1, 0.15) is 0 Å². The molecule has 0 aromatic carbocycles. The maximum Gasteiger partial charge on any atom is 0.314 e. The molecule has 1 unspecified atom stereocenters. The van der Waals surface area contributed by atoms with Gasteiger partial charge < -0.3 is 9.84 Å². The first-order chi connectivity index (χ1) is 6.53. The molecule has 0 saturated heterocycles. The molecule has 0 spiro atoms. The van der Waals surface area contributed by atoms with Crippen LogP contribution in [0.15, 0.2) is 12.2 Å². The summed E-state index contributed by atoms with van der Waals surface area (Å²) in [4.78, 5) is 11.6. The van der Waals surface area contributed by atoms with Crippen LogP contribution in [0.4, 0.5) is 0 Å². The Kier molecular flexibility index (Phi) is 3.32. The van der Waals surface area contributed by atoms with Gasteiger partial charge in [-0.3, -0.25) is 4.79 Å². The van der Waals surface area contributed by atoms with Crippen LogP contribution in [0.2, 0.25) is 0 Å². The first-order valence-electron chi connectivity index (χ1n) is 4.96. The topological polar surface area (TPSA) is 46.5 Å². The molecule has 1 fully saturated rings. The second-order valence-electron chi connectivity index (χ2n) is 4.07. The zero-order valence-corrected chi connectivity index (χ0v) is 8.88. The number of aliphatic hydroxyl groups is 1. The Morgan fingerprint density at radius 1 is 1.57 bits per heavy atom. The summed E-state index contributed by atoms with van der Waals surface area (Å²) < 4.78 is 4.76. The highest BCUT2D eigenvalue weighted by atomic mass is 16.5. The second kappa shape index (κ2) is 4.13. The van der Waals surface area contributed by atoms with Gasteiger partial charge in [0.25, 0.3) is 0 Å². The van der Waals surface area contributed by atoms with Gasteiger partial charge >= 0.3 is 5.97 Å². The summed E-state index contributed by atoms with van der Waals surface area (Å²) >= 11 is 0. The monoisotopic (exact) mass is 198 g/mol. The Hall–Kier alpha value is -0.830. The molecule has 1 aliphatic rings. The van der Waals surface area contributed by atoms with E-state index in [1.165, 1.54) is 7.11 Å². The average molecular weight is 198 g/mol. The minimum Gasteiger partial charge on any atom is -0.469 e. The minimum atomic E-state index is -0.698. The van der Waals surface area contributed by atoms with E-state index >= 15 is 0 Å². The largest absolute Gasteiger partial charge is 0.469 e. The van der Waals surface area contributed by atoms with Crippen LogP contribution in [0.3, 0.4) is 0 Å². The van der Waals surface area contributed by atoms with Gasteiger partial charge in [0.15, 0.2) is 0 Å². The van der Waals surface area contributed by atoms with Crippen LogP contribution in [-0.2, 0) is 9.53 Å². The van der Waals surface area contributed by atoms with E-state index in [2.05, 4.69) is 6.58 Å². The van der Waals surface area contributed by atoms with Crippen molar-refractivity contribution in [1.82, 2.24) is 0 Å². The molecule has 1 saturated carbocycles. The van der Waals surface area contributed by atoms with Gasteiger partial charge in [0, 0.05) is 0 Å². The molecule has 0 aromatic heterocycles. The van der Waals surface area contributed by atoms with E-state index in [1.807, 2.05) is 0 Å². The lowest BCUT2D eigenvalue weighted by Crippen LogP contribution is -2.43. The maximum absolute atomic E-state index is 11.6. The van der Waals surface area contributed by atoms with Crippen LogP contribution < -0.4 is 0 Å². The van der Waals surface area contributed by atoms with Gasteiger partial charge in [-0.1, -0.05) is 12.2 Å². The zero-order chi connectivity index (χ0) is 10.8. The number of hydrogen-bond acceptors (Lipinski definition) is 3. The number of methoxy groups -OCH3 is 1. The summed E-state index contributed by atoms with van der Waals surface area (Å²) in [5, 5.41) is 9.68. The van der Waals surface area contributed by atoms with Crippen LogP contribution >= 0.6 is 0 Å². The van der Waals surface area contributed by atoms with E-state index in [-0.39, 0.29) is 5.97 Å². The number of allylic oxidation sites excluding steroid dienone is 1. The van der Waals surface area contributed by atoms with Crippen molar-refractivity contribution in [2.45, 2.75) is 38.7 Å². The Morgan fingerprint density at radius 2 is 2.07 bits per heavy atom. The molecular formula is C11H18O3. The number of aliphatic hydroxyl groups excluding tert-OH is 1. The number of esters is 1. The predicted molar refractivity (Wildman–Crippen MR) is 53.7 cm³/mol. The van der Waals surface area contributed by atoms with Crippen molar-refractivity contribution < 1.29 is 14.6 Å². The lowest BCUT2D eigenvalue weighted by molar-refractivity contribution is -0.162. The van der Waals surface area contributed by atoms with E-state index < -0.39 is 11.5 Å². The van der Waals surface area contributed by atoms with Crippen molar-refractivity contribution in [3.63, 3.8) is 0 Å². The summed E-state index contributed by atoms with van der Waals surface area (Å²) in [6, 6.07) is 0. The fraction of sp³-hybridized carbons (Fsp3) is 0.727. The highest BCUT2D eigenvalue weighted by Gasteiger charge is 2.45. The Labute approximate surface area is 84.8 Å². The van der Waals surface area contributed by atoms with Crippen molar-refractivity contribution in [1.29, 1.82) is 0 Å². The van der Waals surface area contributed by atoms with Gasteiger partial charge in [-0.2, -0.15) is 0 Å². The fourth-order valence-electron chi connectivity index (χ4n) is 2.05. The second-order valence-corrected chi connectivity index (χ2v) is 4.07. The van der Waals surface area contributed by atoms with Gasteiger partial charge in [-0.25, -0.2) is 0 Å². The molecule has 1 rings (SSSR count). The van der Waals surface area contributed by atoms with E-state index in [9.17, 15) is 9.90 Å². The third kappa shape index (κ3) is 1.82. The maximum atomic E-state index is 11.6. The van der Waals surface area contributed by atoms with E-state index in [0.29, 0.717) is 12.8 Å². The van der Waals surface area contributed by atoms with Gasteiger partial charge in [-0.15, -0.1) is 0 Å². The Bertz CT molecular complexity index is 233. The summed E-state index contributed by atoms with van der Waals surface area (Å²) in [7, 11) is 1.37. The molecule has 80 valence electrons. The first kappa shape index (κ1) is 11.2. The third-order valence-corrected chi connectivity index (χ3v) is 3.24. The molecule has 1 atom stereocenters. The highest BCUT2D eigenvalue weighted by molar-refractivity contribution is 5.77. The summed E-state index contributed by atoms with van der Waals surface area (Å²) in [6.07, 6.45) is 2.26. The number of ether oxygens (including phenoxy) is 1. The minimum absolute atomic E-state index is 0.292. The van der Waals surface area contributed by atoms with Crippen LogP contribution in [0.5, 0.6) is 0 Å². The first-order valence-corrected chi connectivity index (χ1v) is 4.96. The van der Waals surface area contributed by atoms with E-state index in [0.717, 1.165) is 18.4 Å². The van der Waals surface area contributed by atoms with Gasteiger partial charge in [-0.05, 0) is 32.6 Å². The highest BCUT2D eigenvalue weighted by Crippen LogP contribution is 2.41. The third-order valence-electron chi connectivity index (χ3n) is 3.24. The fourth-order valence-corrected chi connectivity index (χ4v) is 2.05. The average Bonchev–Trinajstić information content (AvgIpc) is 2.18. The quantitative estimate of drug-likeness (QED) is 0.542. The Balaban J connectivity index is 2.83. The molecule has 0 aromatic rings. The SMILES string of the molecule is C=C1CCC(C(=O)OC)(C(C)O)CC1. The molecular weight excluding hydrogens is 180 g/mol. The van der Waals surface area contributed by atoms with Crippen LogP contribution in [0, 0.1) is 5.41 Å². The summed E-state index contributed by atoms with van der Waals surface area (Å²) in [6.45, 7) is 5.55. The van der Waals surface area contributed by atoms with Crippen molar-refractivity contribution in [3.8, 4) is 0 Å². The van der Waals surface area contributed by atoms with Gasteiger partial charge in [0.05, 0.1) is 18.6 Å². The number of carbonyl (C=O) groups is 1. The van der Waals surface area contributed by atoms with Crippen molar-refractivity contribution in [2.24, 2.45) is 5.41 Å². The molecule has 0 heterocycles.